The zero-order chi connectivity index (χ0) is 14.0. The Morgan fingerprint density at radius 3 is 1.95 bits per heavy atom. The number of carboxylic acids is 1. The Bertz CT molecular complexity index is 346. The van der Waals surface area contributed by atoms with Crippen LogP contribution in [0, 0.1) is 11.8 Å². The van der Waals surface area contributed by atoms with E-state index in [1.165, 1.54) is 25.7 Å². The van der Waals surface area contributed by atoms with Crippen molar-refractivity contribution in [2.45, 2.75) is 64.0 Å². The van der Waals surface area contributed by atoms with E-state index >= 15 is 0 Å². The summed E-state index contributed by atoms with van der Waals surface area (Å²) in [6, 6.07) is -0.0740. The number of hydrogen-bond acceptors (Lipinski definition) is 2. The maximum atomic E-state index is 12.1. The number of rotatable bonds is 7. The van der Waals surface area contributed by atoms with E-state index in [0.717, 1.165) is 0 Å². The molecule has 0 atom stereocenters. The van der Waals surface area contributed by atoms with E-state index in [-0.39, 0.29) is 12.1 Å². The molecule has 2 aliphatic carbocycles. The highest BCUT2D eigenvalue weighted by molar-refractivity contribution is 5.86. The molecular formula is C14H24N2O3. The van der Waals surface area contributed by atoms with E-state index in [2.05, 4.69) is 10.6 Å². The molecule has 0 unspecified atom stereocenters. The molecule has 2 aliphatic rings. The Morgan fingerprint density at radius 1 is 1.16 bits per heavy atom. The van der Waals surface area contributed by atoms with Gasteiger partial charge in [0.2, 0.25) is 0 Å². The van der Waals surface area contributed by atoms with Crippen molar-refractivity contribution in [1.82, 2.24) is 10.6 Å². The molecule has 0 saturated heterocycles. The third kappa shape index (κ3) is 3.19. The number of amides is 2. The Balaban J connectivity index is 1.93. The summed E-state index contributed by atoms with van der Waals surface area (Å²) in [6.07, 6.45) is 5.54. The fraction of sp³-hybridized carbons (Fsp3) is 0.857. The van der Waals surface area contributed by atoms with Gasteiger partial charge in [-0.25, -0.2) is 9.59 Å². The lowest BCUT2D eigenvalue weighted by Gasteiger charge is -2.29. The normalized spacial score (nSPS) is 19.3. The predicted molar refractivity (Wildman–Crippen MR) is 71.9 cm³/mol. The molecule has 0 spiro atoms. The Kier molecular flexibility index (Phi) is 4.02. The molecule has 0 aromatic rings. The summed E-state index contributed by atoms with van der Waals surface area (Å²) in [5.74, 6) is 0.267. The van der Waals surface area contributed by atoms with Crippen LogP contribution in [0.25, 0.3) is 0 Å². The fourth-order valence-corrected chi connectivity index (χ4v) is 2.72. The van der Waals surface area contributed by atoms with Crippen LogP contribution in [-0.4, -0.2) is 28.7 Å². The third-order valence-corrected chi connectivity index (χ3v) is 4.53. The lowest BCUT2D eigenvalue weighted by molar-refractivity contribution is -0.144. The molecule has 0 aromatic heterocycles. The molecule has 108 valence electrons. The highest BCUT2D eigenvalue weighted by Crippen LogP contribution is 2.44. The predicted octanol–water partition coefficient (Wildman–Crippen LogP) is 2.12. The first-order chi connectivity index (χ1) is 9.02. The molecular weight excluding hydrogens is 244 g/mol. The number of carbonyl (C=O) groups is 2. The minimum absolute atomic E-state index is 0.250. The van der Waals surface area contributed by atoms with Crippen molar-refractivity contribution in [1.29, 1.82) is 0 Å². The summed E-state index contributed by atoms with van der Waals surface area (Å²) in [6.45, 7) is 3.58. The SMILES string of the molecule is CCC(CC)(NC(=O)NC(C1CC1)C1CC1)C(=O)O. The maximum Gasteiger partial charge on any atom is 0.329 e. The van der Waals surface area contributed by atoms with Gasteiger partial charge in [0, 0.05) is 6.04 Å². The zero-order valence-electron chi connectivity index (χ0n) is 11.7. The molecule has 0 bridgehead atoms. The Labute approximate surface area is 114 Å². The molecule has 2 fully saturated rings. The molecule has 5 nitrogen and oxygen atoms in total. The van der Waals surface area contributed by atoms with Crippen molar-refractivity contribution in [2.75, 3.05) is 0 Å². The topological polar surface area (TPSA) is 78.4 Å². The molecule has 0 aromatic carbocycles. The van der Waals surface area contributed by atoms with Crippen LogP contribution in [0.2, 0.25) is 0 Å². The lowest BCUT2D eigenvalue weighted by Crippen LogP contribution is -2.58. The maximum absolute atomic E-state index is 12.1. The molecule has 0 radical (unpaired) electrons. The standard InChI is InChI=1S/C14H24N2O3/c1-3-14(4-2,12(17)18)16-13(19)15-11(9-5-6-9)10-7-8-10/h9-11H,3-8H2,1-2H3,(H,17,18)(H2,15,16,19). The summed E-state index contributed by atoms with van der Waals surface area (Å²) < 4.78 is 0. The molecule has 0 aliphatic heterocycles. The van der Waals surface area contributed by atoms with E-state index in [0.29, 0.717) is 24.7 Å². The summed E-state index contributed by atoms with van der Waals surface area (Å²) >= 11 is 0. The number of aliphatic carboxylic acids is 1. The second kappa shape index (κ2) is 5.39. The number of carbonyl (C=O) groups excluding carboxylic acids is 1. The van der Waals surface area contributed by atoms with E-state index in [9.17, 15) is 14.7 Å². The average Bonchev–Trinajstić information content (AvgIpc) is 3.26. The zero-order valence-corrected chi connectivity index (χ0v) is 11.7. The van der Waals surface area contributed by atoms with Crippen LogP contribution in [0.15, 0.2) is 0 Å². The third-order valence-electron chi connectivity index (χ3n) is 4.53. The first-order valence-electron chi connectivity index (χ1n) is 7.34. The monoisotopic (exact) mass is 268 g/mol. The highest BCUT2D eigenvalue weighted by Gasteiger charge is 2.43. The number of urea groups is 1. The minimum atomic E-state index is -1.14. The Morgan fingerprint density at radius 2 is 1.63 bits per heavy atom. The quantitative estimate of drug-likeness (QED) is 0.661. The summed E-state index contributed by atoms with van der Waals surface area (Å²) in [5, 5.41) is 15.0. The smallest absolute Gasteiger partial charge is 0.329 e. The van der Waals surface area contributed by atoms with Crippen LogP contribution in [0.4, 0.5) is 4.79 Å². The second-order valence-electron chi connectivity index (χ2n) is 5.89. The molecule has 5 heteroatoms. The Hall–Kier alpha value is -1.26. The number of nitrogens with one attached hydrogen (secondary N) is 2. The highest BCUT2D eigenvalue weighted by atomic mass is 16.4. The molecule has 19 heavy (non-hydrogen) atoms. The minimum Gasteiger partial charge on any atom is -0.480 e. The lowest BCUT2D eigenvalue weighted by atomic mass is 9.93. The van der Waals surface area contributed by atoms with Gasteiger partial charge in [0.15, 0.2) is 0 Å². The number of carboxylic acid groups (broad SMARTS) is 1. The van der Waals surface area contributed by atoms with Crippen molar-refractivity contribution in [3.63, 3.8) is 0 Å². The van der Waals surface area contributed by atoms with Crippen LogP contribution in [-0.2, 0) is 4.79 Å². The molecule has 3 N–H and O–H groups in total. The van der Waals surface area contributed by atoms with Gasteiger partial charge in [-0.2, -0.15) is 0 Å². The van der Waals surface area contributed by atoms with E-state index < -0.39 is 11.5 Å². The van der Waals surface area contributed by atoms with Gasteiger partial charge >= 0.3 is 12.0 Å². The van der Waals surface area contributed by atoms with Crippen LogP contribution in [0.5, 0.6) is 0 Å². The molecule has 2 amide bonds. The average molecular weight is 268 g/mol. The van der Waals surface area contributed by atoms with E-state index in [1.807, 2.05) is 0 Å². The van der Waals surface area contributed by atoms with Gasteiger partial charge in [0.1, 0.15) is 5.54 Å². The second-order valence-corrected chi connectivity index (χ2v) is 5.89. The van der Waals surface area contributed by atoms with Crippen LogP contribution >= 0.6 is 0 Å². The van der Waals surface area contributed by atoms with Gasteiger partial charge in [-0.15, -0.1) is 0 Å². The van der Waals surface area contributed by atoms with E-state index in [1.54, 1.807) is 13.8 Å². The van der Waals surface area contributed by atoms with Crippen LogP contribution in [0.3, 0.4) is 0 Å². The summed E-state index contributed by atoms with van der Waals surface area (Å²) in [5.41, 5.74) is -1.14. The van der Waals surface area contributed by atoms with Crippen molar-refractivity contribution < 1.29 is 14.7 Å². The first-order valence-corrected chi connectivity index (χ1v) is 7.34. The van der Waals surface area contributed by atoms with E-state index in [4.69, 9.17) is 0 Å². The summed E-state index contributed by atoms with van der Waals surface area (Å²) in [7, 11) is 0. The molecule has 0 heterocycles. The molecule has 2 saturated carbocycles. The first kappa shape index (κ1) is 14.2. The van der Waals surface area contributed by atoms with Gasteiger partial charge in [0.05, 0.1) is 0 Å². The van der Waals surface area contributed by atoms with Gasteiger partial charge < -0.3 is 15.7 Å². The van der Waals surface area contributed by atoms with Crippen molar-refractivity contribution in [3.8, 4) is 0 Å². The number of hydrogen-bond donors (Lipinski definition) is 3. The van der Waals surface area contributed by atoms with Gasteiger partial charge in [-0.05, 0) is 50.4 Å². The molecule has 2 rings (SSSR count). The van der Waals surface area contributed by atoms with Crippen molar-refractivity contribution in [3.05, 3.63) is 0 Å². The van der Waals surface area contributed by atoms with Crippen molar-refractivity contribution >= 4 is 12.0 Å². The van der Waals surface area contributed by atoms with Crippen molar-refractivity contribution in [2.24, 2.45) is 11.8 Å². The fourth-order valence-electron chi connectivity index (χ4n) is 2.72. The van der Waals surface area contributed by atoms with Gasteiger partial charge in [-0.1, -0.05) is 13.8 Å². The van der Waals surface area contributed by atoms with Crippen LogP contribution in [0.1, 0.15) is 52.4 Å². The van der Waals surface area contributed by atoms with Gasteiger partial charge in [-0.3, -0.25) is 0 Å². The summed E-state index contributed by atoms with van der Waals surface area (Å²) in [4.78, 5) is 23.4. The van der Waals surface area contributed by atoms with Gasteiger partial charge in [0.25, 0.3) is 0 Å². The van der Waals surface area contributed by atoms with Crippen LogP contribution < -0.4 is 10.6 Å². The largest absolute Gasteiger partial charge is 0.480 e.